The Labute approximate surface area is 119 Å². The summed E-state index contributed by atoms with van der Waals surface area (Å²) in [5.74, 6) is 0.691. The molecule has 18 heavy (non-hydrogen) atoms. The van der Waals surface area contributed by atoms with Crippen molar-refractivity contribution >= 4 is 27.8 Å². The van der Waals surface area contributed by atoms with E-state index in [2.05, 4.69) is 47.8 Å². The van der Waals surface area contributed by atoms with Crippen molar-refractivity contribution in [2.24, 2.45) is 10.9 Å². The Kier molecular flexibility index (Phi) is 6.96. The van der Waals surface area contributed by atoms with E-state index in [0.717, 1.165) is 16.6 Å². The van der Waals surface area contributed by atoms with Gasteiger partial charge in [0.05, 0.1) is 5.69 Å². The number of hydrogen-bond acceptors (Lipinski definition) is 1. The van der Waals surface area contributed by atoms with Crippen LogP contribution < -0.4 is 0 Å². The summed E-state index contributed by atoms with van der Waals surface area (Å²) in [6.07, 6.45) is 7.80. The molecule has 0 radical (unpaired) electrons. The standard InChI is InChI=1S/C16H22BrN/c1-13(2)6-4-7-14(3)10-11-18-16-9-5-8-15(17)12-16/h5-6,8-9,11-12,14H,4,7,10H2,1-3H3. The molecule has 0 saturated heterocycles. The molecule has 0 aliphatic carbocycles. The predicted octanol–water partition coefficient (Wildman–Crippen LogP) is 5.92. The summed E-state index contributed by atoms with van der Waals surface area (Å²) < 4.78 is 1.08. The monoisotopic (exact) mass is 307 g/mol. The maximum atomic E-state index is 4.48. The van der Waals surface area contributed by atoms with E-state index in [1.165, 1.54) is 18.4 Å². The van der Waals surface area contributed by atoms with Crippen LogP contribution >= 0.6 is 15.9 Å². The summed E-state index contributed by atoms with van der Waals surface area (Å²) in [6, 6.07) is 8.08. The molecule has 1 rings (SSSR count). The normalized spacial score (nSPS) is 12.7. The van der Waals surface area contributed by atoms with Gasteiger partial charge in [0.1, 0.15) is 0 Å². The Balaban J connectivity index is 2.33. The first-order chi connectivity index (χ1) is 8.58. The zero-order valence-corrected chi connectivity index (χ0v) is 13.1. The van der Waals surface area contributed by atoms with Crippen molar-refractivity contribution in [1.29, 1.82) is 0 Å². The lowest BCUT2D eigenvalue weighted by Gasteiger charge is -2.05. The Morgan fingerprint density at radius 2 is 2.17 bits per heavy atom. The lowest BCUT2D eigenvalue weighted by Crippen LogP contribution is -1.94. The van der Waals surface area contributed by atoms with E-state index < -0.39 is 0 Å². The Morgan fingerprint density at radius 1 is 1.39 bits per heavy atom. The zero-order chi connectivity index (χ0) is 13.4. The first-order valence-corrected chi connectivity index (χ1v) is 7.28. The molecule has 0 aliphatic rings. The van der Waals surface area contributed by atoms with Gasteiger partial charge in [-0.3, -0.25) is 4.99 Å². The second kappa shape index (κ2) is 8.25. The van der Waals surface area contributed by atoms with Gasteiger partial charge >= 0.3 is 0 Å². The maximum absolute atomic E-state index is 4.48. The van der Waals surface area contributed by atoms with Crippen molar-refractivity contribution < 1.29 is 0 Å². The smallest absolute Gasteiger partial charge is 0.0636 e. The quantitative estimate of drug-likeness (QED) is 0.456. The Hall–Kier alpha value is -0.890. The summed E-state index contributed by atoms with van der Waals surface area (Å²) in [5, 5.41) is 0. The topological polar surface area (TPSA) is 12.4 Å². The molecule has 0 N–H and O–H groups in total. The van der Waals surface area contributed by atoms with E-state index in [0.29, 0.717) is 5.92 Å². The van der Waals surface area contributed by atoms with Gasteiger partial charge in [-0.2, -0.15) is 0 Å². The lowest BCUT2D eigenvalue weighted by molar-refractivity contribution is 0.563. The van der Waals surface area contributed by atoms with E-state index in [-0.39, 0.29) is 0 Å². The maximum Gasteiger partial charge on any atom is 0.0636 e. The molecule has 1 unspecified atom stereocenters. The Morgan fingerprint density at radius 3 is 2.83 bits per heavy atom. The molecular formula is C16H22BrN. The molecule has 0 bridgehead atoms. The van der Waals surface area contributed by atoms with Crippen LogP contribution in [-0.2, 0) is 0 Å². The van der Waals surface area contributed by atoms with Crippen molar-refractivity contribution in [3.8, 4) is 0 Å². The lowest BCUT2D eigenvalue weighted by atomic mass is 10.0. The first-order valence-electron chi connectivity index (χ1n) is 6.49. The van der Waals surface area contributed by atoms with E-state index in [9.17, 15) is 0 Å². The molecule has 0 aromatic heterocycles. The average Bonchev–Trinajstić information content (AvgIpc) is 2.28. The number of benzene rings is 1. The summed E-state index contributed by atoms with van der Waals surface area (Å²) in [7, 11) is 0. The van der Waals surface area contributed by atoms with Crippen LogP contribution in [0.25, 0.3) is 0 Å². The highest BCUT2D eigenvalue weighted by Crippen LogP contribution is 2.18. The molecule has 0 aliphatic heterocycles. The van der Waals surface area contributed by atoms with Crippen molar-refractivity contribution in [2.45, 2.75) is 40.0 Å². The number of halogens is 1. The van der Waals surface area contributed by atoms with Crippen LogP contribution in [0.5, 0.6) is 0 Å². The fourth-order valence-corrected chi connectivity index (χ4v) is 2.06. The number of nitrogens with zero attached hydrogens (tertiary/aromatic N) is 1. The molecule has 98 valence electrons. The average molecular weight is 308 g/mol. The fourth-order valence-electron chi connectivity index (χ4n) is 1.67. The van der Waals surface area contributed by atoms with Crippen LogP contribution in [0, 0.1) is 5.92 Å². The van der Waals surface area contributed by atoms with E-state index in [1.807, 2.05) is 30.5 Å². The third-order valence-electron chi connectivity index (χ3n) is 2.77. The van der Waals surface area contributed by atoms with Gasteiger partial charge in [0.2, 0.25) is 0 Å². The van der Waals surface area contributed by atoms with Gasteiger partial charge in [-0.25, -0.2) is 0 Å². The van der Waals surface area contributed by atoms with Crippen molar-refractivity contribution in [2.75, 3.05) is 0 Å². The van der Waals surface area contributed by atoms with Gasteiger partial charge in [-0.05, 0) is 57.2 Å². The van der Waals surface area contributed by atoms with Crippen molar-refractivity contribution in [1.82, 2.24) is 0 Å². The van der Waals surface area contributed by atoms with Crippen LogP contribution in [-0.4, -0.2) is 6.21 Å². The molecule has 2 heteroatoms. The second-order valence-corrected chi connectivity index (χ2v) is 5.91. The summed E-state index contributed by atoms with van der Waals surface area (Å²) in [5.41, 5.74) is 2.42. The van der Waals surface area contributed by atoms with E-state index in [1.54, 1.807) is 0 Å². The highest BCUT2D eigenvalue weighted by molar-refractivity contribution is 9.10. The second-order valence-electron chi connectivity index (χ2n) is 4.99. The molecule has 1 aromatic rings. The van der Waals surface area contributed by atoms with Gasteiger partial charge in [-0.1, -0.05) is 40.6 Å². The minimum atomic E-state index is 0.691. The van der Waals surface area contributed by atoms with E-state index in [4.69, 9.17) is 0 Å². The Bertz CT molecular complexity index is 417. The fraction of sp³-hybridized carbons (Fsp3) is 0.438. The van der Waals surface area contributed by atoms with Crippen LogP contribution in [0.4, 0.5) is 5.69 Å². The molecule has 1 nitrogen and oxygen atoms in total. The first kappa shape index (κ1) is 15.2. The summed E-state index contributed by atoms with van der Waals surface area (Å²) in [6.45, 7) is 6.59. The molecule has 1 atom stereocenters. The molecular weight excluding hydrogens is 286 g/mol. The third kappa shape index (κ3) is 6.75. The molecule has 0 saturated carbocycles. The summed E-state index contributed by atoms with van der Waals surface area (Å²) in [4.78, 5) is 4.48. The minimum Gasteiger partial charge on any atom is -0.261 e. The molecule has 0 fully saturated rings. The highest BCUT2D eigenvalue weighted by atomic mass is 79.9. The third-order valence-corrected chi connectivity index (χ3v) is 3.26. The zero-order valence-electron chi connectivity index (χ0n) is 11.5. The van der Waals surface area contributed by atoms with Gasteiger partial charge in [0.25, 0.3) is 0 Å². The molecule has 1 aromatic carbocycles. The van der Waals surface area contributed by atoms with Crippen molar-refractivity contribution in [3.05, 3.63) is 40.4 Å². The van der Waals surface area contributed by atoms with E-state index >= 15 is 0 Å². The van der Waals surface area contributed by atoms with Gasteiger partial charge in [0, 0.05) is 10.7 Å². The van der Waals surface area contributed by atoms with Crippen LogP contribution in [0.3, 0.4) is 0 Å². The van der Waals surface area contributed by atoms with Crippen molar-refractivity contribution in [3.63, 3.8) is 0 Å². The number of hydrogen-bond donors (Lipinski definition) is 0. The van der Waals surface area contributed by atoms with Crippen LogP contribution in [0.1, 0.15) is 40.0 Å². The molecule has 0 heterocycles. The largest absolute Gasteiger partial charge is 0.261 e. The molecule has 0 amide bonds. The van der Waals surface area contributed by atoms with Gasteiger partial charge in [0.15, 0.2) is 0 Å². The summed E-state index contributed by atoms with van der Waals surface area (Å²) >= 11 is 3.45. The number of rotatable bonds is 6. The van der Waals surface area contributed by atoms with Gasteiger partial charge in [-0.15, -0.1) is 0 Å². The predicted molar refractivity (Wildman–Crippen MR) is 84.7 cm³/mol. The SMILES string of the molecule is CC(C)=CCCC(C)CC=Nc1cccc(Br)c1. The van der Waals surface area contributed by atoms with Gasteiger partial charge < -0.3 is 0 Å². The van der Waals surface area contributed by atoms with Crippen LogP contribution in [0.15, 0.2) is 45.4 Å². The highest BCUT2D eigenvalue weighted by Gasteiger charge is 1.98. The minimum absolute atomic E-state index is 0.691. The molecule has 0 spiro atoms. The van der Waals surface area contributed by atoms with Crippen LogP contribution in [0.2, 0.25) is 0 Å². The number of aliphatic imine (C=N–C) groups is 1. The number of allylic oxidation sites excluding steroid dienone is 2.